The average molecular weight is 471 g/mol. The molecule has 0 radical (unpaired) electrons. The van der Waals surface area contributed by atoms with Crippen LogP contribution in [0.5, 0.6) is 5.75 Å². The molecule has 4 rings (SSSR count). The maximum atomic E-state index is 12.4. The third-order valence-corrected chi connectivity index (χ3v) is 8.52. The van der Waals surface area contributed by atoms with E-state index in [0.29, 0.717) is 26.6 Å². The highest BCUT2D eigenvalue weighted by Gasteiger charge is 2.49. The summed E-state index contributed by atoms with van der Waals surface area (Å²) in [6, 6.07) is 13.7. The second-order valence-corrected chi connectivity index (χ2v) is 10.8. The van der Waals surface area contributed by atoms with Gasteiger partial charge in [0.15, 0.2) is 21.6 Å². The number of hydrogen-bond donors (Lipinski definition) is 0. The number of rotatable bonds is 4. The fraction of sp³-hybridized carbons (Fsp3) is 0.263. The van der Waals surface area contributed by atoms with Crippen molar-refractivity contribution >= 4 is 61.6 Å². The fourth-order valence-electron chi connectivity index (χ4n) is 3.30. The number of thioether (sulfide) groups is 1. The van der Waals surface area contributed by atoms with Crippen LogP contribution in [0.3, 0.4) is 0 Å². The molecular formula is C19H16Cl2N2O4S2. The van der Waals surface area contributed by atoms with E-state index in [0.717, 1.165) is 0 Å². The highest BCUT2D eigenvalue weighted by Crippen LogP contribution is 2.42. The lowest BCUT2D eigenvalue weighted by molar-refractivity contribution is -0.119. The molecule has 2 fully saturated rings. The molecule has 2 saturated heterocycles. The molecule has 29 heavy (non-hydrogen) atoms. The fourth-order valence-corrected chi connectivity index (χ4v) is 7.53. The van der Waals surface area contributed by atoms with Gasteiger partial charge in [-0.25, -0.2) is 8.42 Å². The van der Waals surface area contributed by atoms with E-state index >= 15 is 0 Å². The Morgan fingerprint density at radius 3 is 2.62 bits per heavy atom. The number of amides is 1. The number of sulfone groups is 1. The van der Waals surface area contributed by atoms with E-state index < -0.39 is 15.7 Å². The smallest absolute Gasteiger partial charge is 0.285 e. The van der Waals surface area contributed by atoms with E-state index in [1.807, 2.05) is 18.2 Å². The van der Waals surface area contributed by atoms with E-state index in [9.17, 15) is 13.2 Å². The normalized spacial score (nSPS) is 23.9. The Kier molecular flexibility index (Phi) is 5.79. The number of para-hydroxylation sites is 1. The lowest BCUT2D eigenvalue weighted by Crippen LogP contribution is -2.37. The van der Waals surface area contributed by atoms with Gasteiger partial charge in [0.1, 0.15) is 5.75 Å². The van der Waals surface area contributed by atoms with Crippen LogP contribution in [0.1, 0.15) is 0 Å². The molecule has 2 aliphatic heterocycles. The van der Waals surface area contributed by atoms with E-state index in [1.54, 1.807) is 35.2 Å². The predicted molar refractivity (Wildman–Crippen MR) is 117 cm³/mol. The SMILES string of the molecule is O=C(COc1ccccc1)N=C1S[C@@H]2CS(=O)(=O)C[C@@H]2N1c1ccc(Cl)c(Cl)c1. The van der Waals surface area contributed by atoms with Crippen molar-refractivity contribution in [3.63, 3.8) is 0 Å². The van der Waals surface area contributed by atoms with Gasteiger partial charge in [-0.3, -0.25) is 4.79 Å². The summed E-state index contributed by atoms with van der Waals surface area (Å²) in [4.78, 5) is 18.4. The molecule has 2 aliphatic rings. The van der Waals surface area contributed by atoms with Crippen molar-refractivity contribution in [1.29, 1.82) is 0 Å². The number of aliphatic imine (C=N–C) groups is 1. The van der Waals surface area contributed by atoms with Crippen molar-refractivity contribution < 1.29 is 17.9 Å². The standard InChI is InChI=1S/C19H16Cl2N2O4S2/c20-14-7-6-12(8-15(14)21)23-16-10-29(25,26)11-17(16)28-19(23)22-18(24)9-27-13-4-2-1-3-5-13/h1-8,16-17H,9-11H2/t16-,17+/m0/s1. The Morgan fingerprint density at radius 1 is 1.14 bits per heavy atom. The number of nitrogens with zero attached hydrogens (tertiary/aromatic N) is 2. The molecule has 2 aromatic rings. The third kappa shape index (κ3) is 4.55. The lowest BCUT2D eigenvalue weighted by Gasteiger charge is -2.24. The number of fused-ring (bicyclic) bond motifs is 1. The maximum absolute atomic E-state index is 12.4. The van der Waals surface area contributed by atoms with Crippen molar-refractivity contribution in [2.24, 2.45) is 4.99 Å². The monoisotopic (exact) mass is 470 g/mol. The van der Waals surface area contributed by atoms with Gasteiger partial charge in [0.2, 0.25) is 0 Å². The lowest BCUT2D eigenvalue weighted by atomic mass is 10.2. The molecule has 0 aliphatic carbocycles. The first-order chi connectivity index (χ1) is 13.8. The molecule has 10 heteroatoms. The molecule has 1 amide bonds. The Hall–Kier alpha value is -1.74. The first-order valence-corrected chi connectivity index (χ1v) is 12.2. The number of hydrogen-bond acceptors (Lipinski definition) is 5. The molecule has 0 spiro atoms. The Bertz CT molecular complexity index is 1080. The van der Waals surface area contributed by atoms with Gasteiger partial charge in [0.25, 0.3) is 5.91 Å². The van der Waals surface area contributed by atoms with Crippen LogP contribution in [0, 0.1) is 0 Å². The average Bonchev–Trinajstić information content (AvgIpc) is 3.14. The summed E-state index contributed by atoms with van der Waals surface area (Å²) >= 11 is 13.5. The minimum Gasteiger partial charge on any atom is -0.484 e. The number of anilines is 1. The Morgan fingerprint density at radius 2 is 1.90 bits per heavy atom. The number of carbonyl (C=O) groups is 1. The van der Waals surface area contributed by atoms with Crippen LogP contribution in [-0.2, 0) is 14.6 Å². The third-order valence-electron chi connectivity index (χ3n) is 4.57. The topological polar surface area (TPSA) is 76.0 Å². The van der Waals surface area contributed by atoms with Crippen LogP contribution < -0.4 is 9.64 Å². The van der Waals surface area contributed by atoms with Gasteiger partial charge in [-0.2, -0.15) is 4.99 Å². The molecule has 0 aromatic heterocycles. The molecule has 2 aromatic carbocycles. The molecule has 2 heterocycles. The van der Waals surface area contributed by atoms with Crippen LogP contribution >= 0.6 is 35.0 Å². The van der Waals surface area contributed by atoms with E-state index in [4.69, 9.17) is 27.9 Å². The Labute approximate surface area is 182 Å². The first kappa shape index (κ1) is 20.5. The maximum Gasteiger partial charge on any atom is 0.285 e. The molecule has 152 valence electrons. The zero-order valence-electron chi connectivity index (χ0n) is 15.0. The van der Waals surface area contributed by atoms with Gasteiger partial charge in [-0.05, 0) is 30.3 Å². The molecule has 2 atom stereocenters. The molecular weight excluding hydrogens is 455 g/mol. The number of ether oxygens (including phenoxy) is 1. The molecule has 6 nitrogen and oxygen atoms in total. The van der Waals surface area contributed by atoms with Gasteiger partial charge in [-0.15, -0.1) is 0 Å². The summed E-state index contributed by atoms with van der Waals surface area (Å²) in [6.45, 7) is -0.211. The van der Waals surface area contributed by atoms with Crippen LogP contribution in [-0.4, -0.2) is 48.9 Å². The summed E-state index contributed by atoms with van der Waals surface area (Å²) in [5.74, 6) is 0.167. The number of carbonyl (C=O) groups excluding carboxylic acids is 1. The van der Waals surface area contributed by atoms with Gasteiger partial charge in [0, 0.05) is 10.9 Å². The molecule has 0 N–H and O–H groups in total. The molecule has 0 saturated carbocycles. The Balaban J connectivity index is 1.59. The quantitative estimate of drug-likeness (QED) is 0.678. The van der Waals surface area contributed by atoms with E-state index in [2.05, 4.69) is 4.99 Å². The number of amidine groups is 1. The second-order valence-electron chi connectivity index (χ2n) is 6.66. The summed E-state index contributed by atoms with van der Waals surface area (Å²) in [5, 5.41) is 0.978. The highest BCUT2D eigenvalue weighted by atomic mass is 35.5. The zero-order valence-corrected chi connectivity index (χ0v) is 18.1. The summed E-state index contributed by atoms with van der Waals surface area (Å²) < 4.78 is 29.7. The van der Waals surface area contributed by atoms with Crippen molar-refractivity contribution in [3.8, 4) is 5.75 Å². The van der Waals surface area contributed by atoms with Crippen LogP contribution in [0.15, 0.2) is 53.5 Å². The summed E-state index contributed by atoms with van der Waals surface area (Å²) in [5.41, 5.74) is 0.645. The van der Waals surface area contributed by atoms with Crippen LogP contribution in [0.4, 0.5) is 5.69 Å². The van der Waals surface area contributed by atoms with Crippen LogP contribution in [0.2, 0.25) is 10.0 Å². The number of halogens is 2. The predicted octanol–water partition coefficient (Wildman–Crippen LogP) is 3.67. The minimum atomic E-state index is -3.15. The highest BCUT2D eigenvalue weighted by molar-refractivity contribution is 8.16. The number of benzene rings is 2. The summed E-state index contributed by atoms with van der Waals surface area (Å²) in [7, 11) is -3.15. The second kappa shape index (κ2) is 8.18. The largest absolute Gasteiger partial charge is 0.484 e. The molecule has 0 unspecified atom stereocenters. The van der Waals surface area contributed by atoms with Gasteiger partial charge in [0.05, 0.1) is 27.6 Å². The first-order valence-electron chi connectivity index (χ1n) is 8.73. The van der Waals surface area contributed by atoms with E-state index in [-0.39, 0.29) is 29.4 Å². The van der Waals surface area contributed by atoms with Crippen molar-refractivity contribution in [2.75, 3.05) is 23.0 Å². The van der Waals surface area contributed by atoms with Gasteiger partial charge in [-0.1, -0.05) is 53.2 Å². The summed E-state index contributed by atoms with van der Waals surface area (Å²) in [6.07, 6.45) is 0. The van der Waals surface area contributed by atoms with Crippen molar-refractivity contribution in [3.05, 3.63) is 58.6 Å². The van der Waals surface area contributed by atoms with Gasteiger partial charge >= 0.3 is 0 Å². The van der Waals surface area contributed by atoms with E-state index in [1.165, 1.54) is 11.8 Å². The van der Waals surface area contributed by atoms with Crippen molar-refractivity contribution in [1.82, 2.24) is 0 Å². The van der Waals surface area contributed by atoms with Gasteiger partial charge < -0.3 is 9.64 Å². The van der Waals surface area contributed by atoms with Crippen LogP contribution in [0.25, 0.3) is 0 Å². The molecule has 0 bridgehead atoms. The zero-order chi connectivity index (χ0) is 20.6. The minimum absolute atomic E-state index is 0.00135. The van der Waals surface area contributed by atoms with Crippen molar-refractivity contribution in [2.45, 2.75) is 11.3 Å².